The lowest BCUT2D eigenvalue weighted by molar-refractivity contribution is -0.139. The maximum Gasteiger partial charge on any atom is 0.319 e. The molecule has 0 spiro atoms. The highest BCUT2D eigenvalue weighted by Crippen LogP contribution is 2.14. The monoisotopic (exact) mass is 288 g/mol. The molecule has 2 amide bonds. The van der Waals surface area contributed by atoms with Crippen molar-refractivity contribution in [1.82, 2.24) is 5.32 Å². The van der Waals surface area contributed by atoms with Gasteiger partial charge in [0.1, 0.15) is 11.6 Å². The van der Waals surface area contributed by atoms with E-state index in [0.29, 0.717) is 6.07 Å². The summed E-state index contributed by atoms with van der Waals surface area (Å²) in [5.74, 6) is -2.73. The van der Waals surface area contributed by atoms with Gasteiger partial charge in [0.05, 0.1) is 18.2 Å². The Hall–Kier alpha value is -2.22. The standard InChI is InChI=1S/C12H14F2N2O4/c1-20-8(5-11(17)18)6-15-12(19)16-10-3-2-7(13)4-9(10)14/h2-4,8H,5-6H2,1H3,(H,17,18)(H2,15,16,19). The number of ether oxygens (including phenoxy) is 1. The number of amides is 2. The highest BCUT2D eigenvalue weighted by molar-refractivity contribution is 5.89. The van der Waals surface area contributed by atoms with Crippen LogP contribution in [0.4, 0.5) is 19.3 Å². The minimum Gasteiger partial charge on any atom is -0.481 e. The number of carbonyl (C=O) groups is 2. The number of halogens is 2. The predicted molar refractivity (Wildman–Crippen MR) is 66.4 cm³/mol. The highest BCUT2D eigenvalue weighted by Gasteiger charge is 2.14. The third-order valence-electron chi connectivity index (χ3n) is 2.41. The number of urea groups is 1. The zero-order valence-corrected chi connectivity index (χ0v) is 10.7. The van der Waals surface area contributed by atoms with Crippen LogP contribution in [0.15, 0.2) is 18.2 Å². The molecule has 20 heavy (non-hydrogen) atoms. The summed E-state index contributed by atoms with van der Waals surface area (Å²) in [7, 11) is 1.31. The van der Waals surface area contributed by atoms with Crippen LogP contribution in [0.5, 0.6) is 0 Å². The molecule has 0 radical (unpaired) electrons. The zero-order chi connectivity index (χ0) is 15.1. The molecule has 0 aliphatic rings. The summed E-state index contributed by atoms with van der Waals surface area (Å²) < 4.78 is 30.8. The second-order valence-corrected chi connectivity index (χ2v) is 3.91. The molecule has 0 bridgehead atoms. The fraction of sp³-hybridized carbons (Fsp3) is 0.333. The topological polar surface area (TPSA) is 87.7 Å². The Morgan fingerprint density at radius 1 is 1.40 bits per heavy atom. The smallest absolute Gasteiger partial charge is 0.319 e. The summed E-state index contributed by atoms with van der Waals surface area (Å²) in [6, 6.07) is 1.97. The minimum atomic E-state index is -1.07. The molecule has 0 aromatic heterocycles. The number of methoxy groups -OCH3 is 1. The van der Waals surface area contributed by atoms with Crippen LogP contribution in [0.25, 0.3) is 0 Å². The second kappa shape index (κ2) is 7.39. The van der Waals surface area contributed by atoms with E-state index in [1.165, 1.54) is 7.11 Å². The van der Waals surface area contributed by atoms with E-state index in [0.717, 1.165) is 12.1 Å². The molecule has 0 heterocycles. The average molecular weight is 288 g/mol. The van der Waals surface area contributed by atoms with Crippen molar-refractivity contribution in [3.05, 3.63) is 29.8 Å². The van der Waals surface area contributed by atoms with E-state index in [1.54, 1.807) is 0 Å². The average Bonchev–Trinajstić information content (AvgIpc) is 2.37. The summed E-state index contributed by atoms with van der Waals surface area (Å²) in [5, 5.41) is 13.1. The maximum absolute atomic E-state index is 13.3. The molecule has 6 nitrogen and oxygen atoms in total. The van der Waals surface area contributed by atoms with Gasteiger partial charge in [-0.3, -0.25) is 4.79 Å². The van der Waals surface area contributed by atoms with Crippen LogP contribution in [0.1, 0.15) is 6.42 Å². The zero-order valence-electron chi connectivity index (χ0n) is 10.7. The second-order valence-electron chi connectivity index (χ2n) is 3.91. The molecular formula is C12H14F2N2O4. The maximum atomic E-state index is 13.3. The molecule has 0 aliphatic heterocycles. The number of carboxylic acid groups (broad SMARTS) is 1. The molecule has 0 aliphatic carbocycles. The molecule has 8 heteroatoms. The first kappa shape index (κ1) is 15.8. The van der Waals surface area contributed by atoms with Gasteiger partial charge in [0.15, 0.2) is 0 Å². The van der Waals surface area contributed by atoms with Gasteiger partial charge in [0.25, 0.3) is 0 Å². The third kappa shape index (κ3) is 5.19. The largest absolute Gasteiger partial charge is 0.481 e. The lowest BCUT2D eigenvalue weighted by atomic mass is 10.2. The number of nitrogens with one attached hydrogen (secondary N) is 2. The fourth-order valence-electron chi connectivity index (χ4n) is 1.40. The highest BCUT2D eigenvalue weighted by atomic mass is 19.1. The number of carbonyl (C=O) groups excluding carboxylic acids is 1. The summed E-state index contributed by atoms with van der Waals surface area (Å²) in [6.45, 7) is -0.0581. The minimum absolute atomic E-state index is 0.0581. The SMILES string of the molecule is COC(CNC(=O)Nc1ccc(F)cc1F)CC(=O)O. The predicted octanol–water partition coefficient (Wildman–Crippen LogP) is 1.58. The van der Waals surface area contributed by atoms with Gasteiger partial charge in [-0.05, 0) is 12.1 Å². The van der Waals surface area contributed by atoms with Gasteiger partial charge >= 0.3 is 12.0 Å². The molecule has 0 fully saturated rings. The first-order chi connectivity index (χ1) is 9.42. The van der Waals surface area contributed by atoms with Crippen LogP contribution in [-0.2, 0) is 9.53 Å². The van der Waals surface area contributed by atoms with Crippen LogP contribution >= 0.6 is 0 Å². The van der Waals surface area contributed by atoms with Gasteiger partial charge in [-0.2, -0.15) is 0 Å². The molecule has 110 valence electrons. The van der Waals surface area contributed by atoms with Crippen molar-refractivity contribution in [2.24, 2.45) is 0 Å². The molecule has 1 rings (SSSR count). The van der Waals surface area contributed by atoms with Gasteiger partial charge < -0.3 is 20.5 Å². The summed E-state index contributed by atoms with van der Waals surface area (Å²) in [5.41, 5.74) is -0.184. The fourth-order valence-corrected chi connectivity index (χ4v) is 1.40. The Morgan fingerprint density at radius 3 is 2.65 bits per heavy atom. The van der Waals surface area contributed by atoms with E-state index < -0.39 is 29.7 Å². The summed E-state index contributed by atoms with van der Waals surface area (Å²) >= 11 is 0. The lowest BCUT2D eigenvalue weighted by Crippen LogP contribution is -2.37. The lowest BCUT2D eigenvalue weighted by Gasteiger charge is -2.14. The normalized spacial score (nSPS) is 11.8. The van der Waals surface area contributed by atoms with E-state index in [2.05, 4.69) is 10.6 Å². The van der Waals surface area contributed by atoms with Crippen LogP contribution in [0, 0.1) is 11.6 Å². The molecule has 1 aromatic carbocycles. The number of rotatable bonds is 6. The summed E-state index contributed by atoms with van der Waals surface area (Å²) in [6.07, 6.45) is -0.974. The van der Waals surface area contributed by atoms with Crippen molar-refractivity contribution >= 4 is 17.7 Å². The summed E-state index contributed by atoms with van der Waals surface area (Å²) in [4.78, 5) is 22.0. The number of anilines is 1. The van der Waals surface area contributed by atoms with Crippen molar-refractivity contribution < 1.29 is 28.2 Å². The molecule has 0 saturated carbocycles. The molecule has 1 unspecified atom stereocenters. The van der Waals surface area contributed by atoms with Gasteiger partial charge in [-0.15, -0.1) is 0 Å². The van der Waals surface area contributed by atoms with E-state index in [4.69, 9.17) is 9.84 Å². The van der Waals surface area contributed by atoms with Crippen LogP contribution in [0.2, 0.25) is 0 Å². The number of hydrogen-bond acceptors (Lipinski definition) is 3. The molecule has 1 atom stereocenters. The van der Waals surface area contributed by atoms with Crippen LogP contribution < -0.4 is 10.6 Å². The first-order valence-corrected chi connectivity index (χ1v) is 5.67. The Morgan fingerprint density at radius 2 is 2.10 bits per heavy atom. The molecular weight excluding hydrogens is 274 g/mol. The third-order valence-corrected chi connectivity index (χ3v) is 2.41. The van der Waals surface area contributed by atoms with Crippen molar-refractivity contribution in [2.75, 3.05) is 19.0 Å². The van der Waals surface area contributed by atoms with Crippen molar-refractivity contribution in [3.8, 4) is 0 Å². The Bertz CT molecular complexity index is 496. The number of hydrogen-bond donors (Lipinski definition) is 3. The van der Waals surface area contributed by atoms with E-state index >= 15 is 0 Å². The van der Waals surface area contributed by atoms with E-state index in [9.17, 15) is 18.4 Å². The Balaban J connectivity index is 2.49. The molecule has 3 N–H and O–H groups in total. The van der Waals surface area contributed by atoms with Crippen molar-refractivity contribution in [3.63, 3.8) is 0 Å². The van der Waals surface area contributed by atoms with Crippen LogP contribution in [0.3, 0.4) is 0 Å². The van der Waals surface area contributed by atoms with Crippen molar-refractivity contribution in [1.29, 1.82) is 0 Å². The van der Waals surface area contributed by atoms with Gasteiger partial charge in [0, 0.05) is 19.7 Å². The van der Waals surface area contributed by atoms with Crippen molar-refractivity contribution in [2.45, 2.75) is 12.5 Å². The van der Waals surface area contributed by atoms with E-state index in [1.807, 2.05) is 0 Å². The Labute approximate surface area is 113 Å². The number of carboxylic acids is 1. The van der Waals surface area contributed by atoms with Gasteiger partial charge in [0.2, 0.25) is 0 Å². The van der Waals surface area contributed by atoms with Gasteiger partial charge in [-0.25, -0.2) is 13.6 Å². The first-order valence-electron chi connectivity index (χ1n) is 5.67. The van der Waals surface area contributed by atoms with Crippen LogP contribution in [-0.4, -0.2) is 36.9 Å². The molecule has 0 saturated heterocycles. The number of aliphatic carboxylic acids is 1. The van der Waals surface area contributed by atoms with E-state index in [-0.39, 0.29) is 18.7 Å². The molecule has 1 aromatic rings. The quantitative estimate of drug-likeness (QED) is 0.741. The Kier molecular flexibility index (Phi) is 5.85. The number of benzene rings is 1. The van der Waals surface area contributed by atoms with Gasteiger partial charge in [-0.1, -0.05) is 0 Å².